The fraction of sp³-hybridized carbons (Fsp3) is 0.375. The summed E-state index contributed by atoms with van der Waals surface area (Å²) in [6.45, 7) is 0.957. The van der Waals surface area contributed by atoms with E-state index in [2.05, 4.69) is 21.8 Å². The van der Waals surface area contributed by atoms with Gasteiger partial charge in [-0.3, -0.25) is 9.48 Å². The van der Waals surface area contributed by atoms with Crippen molar-refractivity contribution in [2.45, 2.75) is 56.7 Å². The number of methoxy groups -OCH3 is 1. The maximum atomic E-state index is 12.9. The average Bonchev–Trinajstić information content (AvgIpc) is 3.91. The van der Waals surface area contributed by atoms with Crippen LogP contribution in [0.3, 0.4) is 0 Å². The lowest BCUT2D eigenvalue weighted by molar-refractivity contribution is 0.100. The van der Waals surface area contributed by atoms with Crippen LogP contribution in [0.5, 0.6) is 5.75 Å². The van der Waals surface area contributed by atoms with E-state index in [1.807, 2.05) is 36.5 Å². The Balaban J connectivity index is 1.30. The van der Waals surface area contributed by atoms with Gasteiger partial charge in [-0.15, -0.1) is 0 Å². The average molecular weight is 614 g/mol. The smallest absolute Gasteiger partial charge is 0.407 e. The van der Waals surface area contributed by atoms with E-state index in [0.717, 1.165) is 47.9 Å². The van der Waals surface area contributed by atoms with E-state index in [1.165, 1.54) is 10.5 Å². The van der Waals surface area contributed by atoms with Gasteiger partial charge in [-0.2, -0.15) is 10.2 Å². The minimum absolute atomic E-state index is 0.149. The van der Waals surface area contributed by atoms with Crippen LogP contribution in [0.15, 0.2) is 36.5 Å². The zero-order valence-corrected chi connectivity index (χ0v) is 25.0. The van der Waals surface area contributed by atoms with Crippen LogP contribution >= 0.6 is 11.6 Å². The number of carboxylic acid groups (broad SMARTS) is 1. The van der Waals surface area contributed by atoms with Crippen LogP contribution < -0.4 is 15.8 Å². The first kappa shape index (κ1) is 28.1. The molecule has 44 heavy (non-hydrogen) atoms. The molecule has 1 unspecified atom stereocenters. The number of carbonyl (C=O) groups excluding carboxylic acids is 1. The van der Waals surface area contributed by atoms with Crippen LogP contribution in [-0.2, 0) is 6.54 Å². The number of primary amides is 1. The zero-order chi connectivity index (χ0) is 30.5. The van der Waals surface area contributed by atoms with Crippen molar-refractivity contribution in [3.05, 3.63) is 69.5 Å². The van der Waals surface area contributed by atoms with Crippen LogP contribution in [0.2, 0.25) is 5.02 Å². The molecule has 1 saturated heterocycles. The van der Waals surface area contributed by atoms with Gasteiger partial charge in [0, 0.05) is 25.0 Å². The predicted octanol–water partition coefficient (Wildman–Crippen LogP) is 5.14. The first-order chi connectivity index (χ1) is 21.3. The van der Waals surface area contributed by atoms with Gasteiger partial charge in [-0.25, -0.2) is 9.48 Å². The van der Waals surface area contributed by atoms with E-state index in [9.17, 15) is 14.7 Å². The third-order valence-corrected chi connectivity index (χ3v) is 8.93. The van der Waals surface area contributed by atoms with E-state index in [0.29, 0.717) is 47.9 Å². The molecule has 12 heteroatoms. The van der Waals surface area contributed by atoms with Gasteiger partial charge in [0.15, 0.2) is 5.69 Å². The Labute approximate surface area is 258 Å². The number of carbonyl (C=O) groups is 2. The highest BCUT2D eigenvalue weighted by Gasteiger charge is 2.34. The normalized spacial score (nSPS) is 17.9. The molecule has 0 bridgehead atoms. The van der Waals surface area contributed by atoms with Crippen LogP contribution in [0.4, 0.5) is 10.6 Å². The van der Waals surface area contributed by atoms with Crippen LogP contribution in [0.1, 0.15) is 82.8 Å². The highest BCUT2D eigenvalue weighted by atomic mass is 35.5. The second kappa shape index (κ2) is 11.1. The molecular formula is C32H32ClN7O4. The lowest BCUT2D eigenvalue weighted by Gasteiger charge is -2.17. The van der Waals surface area contributed by atoms with Gasteiger partial charge in [0.25, 0.3) is 5.91 Å². The topological polar surface area (TPSA) is 141 Å². The van der Waals surface area contributed by atoms with Crippen molar-refractivity contribution in [2.75, 3.05) is 25.5 Å². The minimum Gasteiger partial charge on any atom is -0.497 e. The quantitative estimate of drug-likeness (QED) is 0.234. The molecule has 3 aliphatic rings. The summed E-state index contributed by atoms with van der Waals surface area (Å²) in [7, 11) is 1.61. The summed E-state index contributed by atoms with van der Waals surface area (Å²) in [5, 5.41) is 23.8. The number of nitrogens with two attached hydrogens (primary N) is 1. The molecule has 2 saturated carbocycles. The highest BCUT2D eigenvalue weighted by Crippen LogP contribution is 2.47. The monoisotopic (exact) mass is 613 g/mol. The molecule has 2 amide bonds. The van der Waals surface area contributed by atoms with Gasteiger partial charge in [0.2, 0.25) is 0 Å². The Kier molecular flexibility index (Phi) is 7.09. The molecule has 2 aromatic carbocycles. The molecule has 0 radical (unpaired) electrons. The Morgan fingerprint density at radius 1 is 1.11 bits per heavy atom. The van der Waals surface area contributed by atoms with Crippen molar-refractivity contribution in [3.63, 3.8) is 0 Å². The number of likely N-dealkylation sites (tertiary alicyclic amines) is 1. The van der Waals surface area contributed by atoms with Gasteiger partial charge < -0.3 is 25.8 Å². The number of aromatic nitrogens is 4. The lowest BCUT2D eigenvalue weighted by atomic mass is 10.0. The van der Waals surface area contributed by atoms with Crippen molar-refractivity contribution in [3.8, 4) is 17.6 Å². The summed E-state index contributed by atoms with van der Waals surface area (Å²) < 4.78 is 9.04. The lowest BCUT2D eigenvalue weighted by Crippen LogP contribution is -2.27. The van der Waals surface area contributed by atoms with Crippen molar-refractivity contribution in [2.24, 2.45) is 5.73 Å². The molecule has 1 aliphatic heterocycles. The molecule has 2 aliphatic carbocycles. The van der Waals surface area contributed by atoms with Crippen LogP contribution in [-0.4, -0.2) is 61.8 Å². The van der Waals surface area contributed by atoms with Crippen molar-refractivity contribution < 1.29 is 19.4 Å². The van der Waals surface area contributed by atoms with E-state index in [4.69, 9.17) is 32.3 Å². The number of hydrogen-bond donors (Lipinski definition) is 3. The fourth-order valence-electron chi connectivity index (χ4n) is 6.02. The molecule has 1 atom stereocenters. The Morgan fingerprint density at radius 2 is 1.89 bits per heavy atom. The number of ether oxygens (including phenoxy) is 1. The molecule has 3 fully saturated rings. The maximum absolute atomic E-state index is 12.9. The third kappa shape index (κ3) is 5.19. The summed E-state index contributed by atoms with van der Waals surface area (Å²) in [6.07, 6.45) is 5.86. The third-order valence-electron chi connectivity index (χ3n) is 8.63. The Bertz CT molecular complexity index is 1840. The maximum Gasteiger partial charge on any atom is 0.407 e. The van der Waals surface area contributed by atoms with Gasteiger partial charge >= 0.3 is 6.09 Å². The summed E-state index contributed by atoms with van der Waals surface area (Å²) in [4.78, 5) is 26.0. The van der Waals surface area contributed by atoms with E-state index in [1.54, 1.807) is 11.8 Å². The Hall–Kier alpha value is -4.69. The minimum atomic E-state index is -0.998. The number of benzene rings is 2. The van der Waals surface area contributed by atoms with E-state index < -0.39 is 12.0 Å². The largest absolute Gasteiger partial charge is 0.497 e. The summed E-state index contributed by atoms with van der Waals surface area (Å²) in [5.74, 6) is 7.24. The summed E-state index contributed by atoms with van der Waals surface area (Å²) >= 11 is 6.84. The van der Waals surface area contributed by atoms with E-state index >= 15 is 0 Å². The molecule has 4 N–H and O–H groups in total. The number of halogens is 1. The molecule has 11 nitrogen and oxygen atoms in total. The van der Waals surface area contributed by atoms with E-state index in [-0.39, 0.29) is 23.8 Å². The molecule has 4 aromatic rings. The number of nitrogens with zero attached hydrogens (tertiary/aromatic N) is 5. The van der Waals surface area contributed by atoms with Gasteiger partial charge in [-0.1, -0.05) is 29.7 Å². The Morgan fingerprint density at radius 3 is 2.52 bits per heavy atom. The fourth-order valence-corrected chi connectivity index (χ4v) is 6.29. The number of anilines is 1. The first-order valence-electron chi connectivity index (χ1n) is 14.8. The summed E-state index contributed by atoms with van der Waals surface area (Å²) in [6, 6.07) is 9.65. The van der Waals surface area contributed by atoms with Gasteiger partial charge in [0.05, 0.1) is 41.5 Å². The molecule has 3 heterocycles. The molecule has 226 valence electrons. The second-order valence-corrected chi connectivity index (χ2v) is 12.1. The molecule has 0 spiro atoms. The second-order valence-electron chi connectivity index (χ2n) is 11.7. The first-order valence-corrected chi connectivity index (χ1v) is 15.2. The number of nitrogens with one attached hydrogen (secondary N) is 1. The van der Waals surface area contributed by atoms with Crippen molar-refractivity contribution in [1.82, 2.24) is 24.5 Å². The van der Waals surface area contributed by atoms with Crippen molar-refractivity contribution >= 4 is 40.3 Å². The zero-order valence-electron chi connectivity index (χ0n) is 24.2. The standard InChI is InChI=1S/C32H32ClN7O4/c1-44-22-8-2-18(3-9-22)15-35-31-28(30(34)41)27(37-40(31)21-12-13-38(17-21)32(42)43)11-10-23-25-16-36-39(20-6-7-20)29(25)24(14-26(23)33)19-4-5-19/h2-3,8-9,14,16,19-21,35H,4-7,12-13,15,17H2,1H3,(H2,34,41)(H,42,43). The molecular weight excluding hydrogens is 582 g/mol. The molecule has 7 rings (SSSR count). The highest BCUT2D eigenvalue weighted by molar-refractivity contribution is 6.33. The van der Waals surface area contributed by atoms with Crippen LogP contribution in [0, 0.1) is 11.8 Å². The summed E-state index contributed by atoms with van der Waals surface area (Å²) in [5.41, 5.74) is 10.2. The SMILES string of the molecule is COc1ccc(CNc2c(C(N)=O)c(C#Cc3c(Cl)cc(C4CC4)c4c3cnn4C3CC3)nn2C2CCN(C(=O)O)C2)cc1. The number of rotatable bonds is 8. The van der Waals surface area contributed by atoms with Crippen molar-refractivity contribution in [1.29, 1.82) is 0 Å². The number of amides is 2. The predicted molar refractivity (Wildman–Crippen MR) is 165 cm³/mol. The number of hydrogen-bond acceptors (Lipinski definition) is 6. The van der Waals surface area contributed by atoms with Crippen LogP contribution in [0.25, 0.3) is 10.9 Å². The van der Waals surface area contributed by atoms with Gasteiger partial charge in [0.1, 0.15) is 17.1 Å². The number of fused-ring (bicyclic) bond motifs is 1. The van der Waals surface area contributed by atoms with Gasteiger partial charge in [-0.05, 0) is 73.3 Å². The molecule has 2 aromatic heterocycles.